The minimum absolute atomic E-state index is 0.0173. The molecule has 0 bridgehead atoms. The normalized spacial score (nSPS) is 18.0. The van der Waals surface area contributed by atoms with Gasteiger partial charge < -0.3 is 25.7 Å². The van der Waals surface area contributed by atoms with Gasteiger partial charge in [0.15, 0.2) is 6.10 Å². The van der Waals surface area contributed by atoms with Crippen molar-refractivity contribution in [2.45, 2.75) is 77.2 Å². The first-order valence-electron chi connectivity index (χ1n) is 14.2. The van der Waals surface area contributed by atoms with Crippen LogP contribution in [0.5, 0.6) is 5.75 Å². The van der Waals surface area contributed by atoms with Crippen LogP contribution in [-0.2, 0) is 22.6 Å². The zero-order valence-corrected chi connectivity index (χ0v) is 23.8. The number of phenols is 1. The van der Waals surface area contributed by atoms with Crippen LogP contribution in [-0.4, -0.2) is 57.1 Å². The average molecular weight is 558 g/mol. The molecule has 0 aliphatic carbocycles. The monoisotopic (exact) mass is 557 g/mol. The van der Waals surface area contributed by atoms with Crippen LogP contribution >= 0.6 is 0 Å². The maximum absolute atomic E-state index is 13.9. The van der Waals surface area contributed by atoms with Gasteiger partial charge in [-0.1, -0.05) is 67.6 Å². The Hall–Kier alpha value is -4.17. The first kappa shape index (κ1) is 29.8. The van der Waals surface area contributed by atoms with Crippen molar-refractivity contribution in [3.8, 4) is 5.75 Å². The van der Waals surface area contributed by atoms with E-state index in [1.54, 1.807) is 19.1 Å². The summed E-state index contributed by atoms with van der Waals surface area (Å²) in [5, 5.41) is 27.4. The number of hydrogen-bond donors (Lipinski definition) is 4. The smallest absolute Gasteiger partial charge is 0.254 e. The predicted octanol–water partition coefficient (Wildman–Crippen LogP) is 3.80. The third-order valence-corrected chi connectivity index (χ3v) is 8.04. The van der Waals surface area contributed by atoms with Crippen molar-refractivity contribution in [2.75, 3.05) is 0 Å². The summed E-state index contributed by atoms with van der Waals surface area (Å²) in [5.41, 5.74) is 3.55. The summed E-state index contributed by atoms with van der Waals surface area (Å²) < 4.78 is 0. The number of hydrogen-bond acceptors (Lipinski definition) is 5. The fourth-order valence-corrected chi connectivity index (χ4v) is 5.53. The molecule has 1 saturated heterocycles. The molecule has 3 aromatic carbocycles. The highest BCUT2D eigenvalue weighted by molar-refractivity contribution is 5.97. The molecule has 0 spiro atoms. The van der Waals surface area contributed by atoms with Gasteiger partial charge >= 0.3 is 0 Å². The Morgan fingerprint density at radius 2 is 1.66 bits per heavy atom. The van der Waals surface area contributed by atoms with Gasteiger partial charge in [-0.25, -0.2) is 0 Å². The molecule has 41 heavy (non-hydrogen) atoms. The molecule has 3 amide bonds. The van der Waals surface area contributed by atoms with Gasteiger partial charge in [0.25, 0.3) is 11.8 Å². The number of aryl methyl sites for hydroxylation is 1. The molecule has 1 heterocycles. The molecule has 8 nitrogen and oxygen atoms in total. The van der Waals surface area contributed by atoms with Crippen LogP contribution in [0.15, 0.2) is 72.8 Å². The number of amides is 3. The van der Waals surface area contributed by atoms with Crippen molar-refractivity contribution < 1.29 is 24.6 Å². The van der Waals surface area contributed by atoms with Crippen LogP contribution in [0.1, 0.15) is 58.8 Å². The molecule has 1 fully saturated rings. The second kappa shape index (κ2) is 13.5. The predicted molar refractivity (Wildman–Crippen MR) is 157 cm³/mol. The summed E-state index contributed by atoms with van der Waals surface area (Å²) >= 11 is 0. The Morgan fingerprint density at radius 1 is 0.951 bits per heavy atom. The summed E-state index contributed by atoms with van der Waals surface area (Å²) in [6.07, 6.45) is 0.393. The van der Waals surface area contributed by atoms with Crippen molar-refractivity contribution in [1.82, 2.24) is 15.5 Å². The summed E-state index contributed by atoms with van der Waals surface area (Å²) in [6, 6.07) is 19.9. The number of aromatic hydroxyl groups is 1. The second-order valence-corrected chi connectivity index (χ2v) is 10.7. The zero-order chi connectivity index (χ0) is 29.5. The van der Waals surface area contributed by atoms with Crippen LogP contribution in [0.2, 0.25) is 0 Å². The van der Waals surface area contributed by atoms with Gasteiger partial charge in [0.05, 0.1) is 6.04 Å². The highest BCUT2D eigenvalue weighted by Crippen LogP contribution is 2.28. The van der Waals surface area contributed by atoms with Crippen molar-refractivity contribution in [3.05, 3.63) is 101 Å². The Kier molecular flexibility index (Phi) is 9.78. The zero-order valence-electron chi connectivity index (χ0n) is 23.8. The molecule has 0 aromatic heterocycles. The number of carbonyl (C=O) groups is 3. The highest BCUT2D eigenvalue weighted by Gasteiger charge is 2.44. The second-order valence-electron chi connectivity index (χ2n) is 10.7. The average Bonchev–Trinajstić information content (AvgIpc) is 3.42. The number of aliphatic hydroxyl groups excluding tert-OH is 1. The van der Waals surface area contributed by atoms with Gasteiger partial charge in [0.2, 0.25) is 5.91 Å². The lowest BCUT2D eigenvalue weighted by Crippen LogP contribution is -2.57. The molecule has 8 heteroatoms. The van der Waals surface area contributed by atoms with Crippen LogP contribution in [0.3, 0.4) is 0 Å². The molecule has 0 radical (unpaired) electrons. The highest BCUT2D eigenvalue weighted by atomic mass is 16.3. The van der Waals surface area contributed by atoms with Crippen LogP contribution < -0.4 is 10.6 Å². The number of likely N-dealkylation sites (tertiary alicyclic amines) is 1. The lowest BCUT2D eigenvalue weighted by molar-refractivity contribution is -0.148. The van der Waals surface area contributed by atoms with Gasteiger partial charge in [-0.15, -0.1) is 0 Å². The Morgan fingerprint density at radius 3 is 2.37 bits per heavy atom. The van der Waals surface area contributed by atoms with Crippen molar-refractivity contribution in [1.29, 1.82) is 0 Å². The quantitative estimate of drug-likeness (QED) is 0.302. The fourth-order valence-electron chi connectivity index (χ4n) is 5.53. The number of carbonyl (C=O) groups excluding carboxylic acids is 3. The van der Waals surface area contributed by atoms with E-state index in [4.69, 9.17) is 0 Å². The maximum atomic E-state index is 13.9. The van der Waals surface area contributed by atoms with Gasteiger partial charge in [-0.05, 0) is 68.4 Å². The summed E-state index contributed by atoms with van der Waals surface area (Å²) in [5.74, 6) is -1.37. The maximum Gasteiger partial charge on any atom is 0.254 e. The molecule has 216 valence electrons. The number of benzene rings is 3. The lowest BCUT2D eigenvalue weighted by atomic mass is 9.98. The van der Waals surface area contributed by atoms with E-state index in [1.165, 1.54) is 11.0 Å². The number of aliphatic hydroxyl groups is 1. The van der Waals surface area contributed by atoms with Gasteiger partial charge in [-0.3, -0.25) is 14.4 Å². The van der Waals surface area contributed by atoms with Gasteiger partial charge in [0.1, 0.15) is 11.8 Å². The Bertz CT molecular complexity index is 1380. The van der Waals surface area contributed by atoms with Gasteiger partial charge in [0, 0.05) is 23.7 Å². The molecule has 4 rings (SSSR count). The van der Waals surface area contributed by atoms with Crippen LogP contribution in [0.4, 0.5) is 0 Å². The Balaban J connectivity index is 1.56. The molecule has 3 aromatic rings. The number of phenolic OH excluding ortho intramolecular Hbond substituents is 1. The number of rotatable bonds is 10. The van der Waals surface area contributed by atoms with E-state index in [1.807, 2.05) is 68.4 Å². The third-order valence-electron chi connectivity index (χ3n) is 8.04. The topological polar surface area (TPSA) is 119 Å². The van der Waals surface area contributed by atoms with E-state index in [0.29, 0.717) is 31.4 Å². The molecule has 1 aliphatic rings. The van der Waals surface area contributed by atoms with Crippen molar-refractivity contribution >= 4 is 17.7 Å². The van der Waals surface area contributed by atoms with E-state index in [-0.39, 0.29) is 29.7 Å². The molecule has 4 N–H and O–H groups in total. The molecule has 0 unspecified atom stereocenters. The van der Waals surface area contributed by atoms with E-state index in [0.717, 1.165) is 16.7 Å². The SMILES string of the molecule is CC[C@@H]1CC[C@@H](C(=O)NCc2ccccc2C)N1C(=O)[C@@H](O)[C@H](Cc1ccccc1)NC(=O)c1cccc(O)c1C. The summed E-state index contributed by atoms with van der Waals surface area (Å²) in [4.78, 5) is 42.1. The summed E-state index contributed by atoms with van der Waals surface area (Å²) in [7, 11) is 0. The largest absolute Gasteiger partial charge is 0.508 e. The van der Waals surface area contributed by atoms with E-state index < -0.39 is 30.0 Å². The van der Waals surface area contributed by atoms with Gasteiger partial charge in [-0.2, -0.15) is 0 Å². The van der Waals surface area contributed by atoms with Crippen LogP contribution in [0, 0.1) is 13.8 Å². The molecule has 4 atom stereocenters. The fraction of sp³-hybridized carbons (Fsp3) is 0.364. The Labute approximate surface area is 241 Å². The minimum atomic E-state index is -1.59. The van der Waals surface area contributed by atoms with E-state index >= 15 is 0 Å². The lowest BCUT2D eigenvalue weighted by Gasteiger charge is -2.34. The first-order valence-corrected chi connectivity index (χ1v) is 14.2. The van der Waals surface area contributed by atoms with Crippen molar-refractivity contribution in [2.24, 2.45) is 0 Å². The van der Waals surface area contributed by atoms with Crippen molar-refractivity contribution in [3.63, 3.8) is 0 Å². The summed E-state index contributed by atoms with van der Waals surface area (Å²) in [6.45, 7) is 5.92. The first-order chi connectivity index (χ1) is 19.7. The molecular weight excluding hydrogens is 518 g/mol. The molecule has 0 saturated carbocycles. The molecule has 1 aliphatic heterocycles. The number of nitrogens with one attached hydrogen (secondary N) is 2. The standard InChI is InChI=1S/C33H39N3O5/c1-4-25-17-18-28(32(40)34-20-24-14-9-8-11-21(24)2)36(25)33(41)30(38)27(19-23-12-6-5-7-13-23)35-31(39)26-15-10-16-29(37)22(26)3/h5-16,25,27-28,30,37-38H,4,17-20H2,1-3H3,(H,34,40)(H,35,39)/t25-,27+,28+,30+/m1/s1. The third kappa shape index (κ3) is 6.95. The van der Waals surface area contributed by atoms with E-state index in [2.05, 4.69) is 10.6 Å². The minimum Gasteiger partial charge on any atom is -0.508 e. The molecular formula is C33H39N3O5. The number of nitrogens with zero attached hydrogens (tertiary/aromatic N) is 1. The van der Waals surface area contributed by atoms with E-state index in [9.17, 15) is 24.6 Å². The van der Waals surface area contributed by atoms with Crippen LogP contribution in [0.25, 0.3) is 0 Å².